The van der Waals surface area contributed by atoms with Crippen LogP contribution in [0.1, 0.15) is 49.9 Å². The van der Waals surface area contributed by atoms with Crippen molar-refractivity contribution < 1.29 is 14.6 Å². The molecule has 10 heteroatoms. The number of aryl methyl sites for hydroxylation is 1. The van der Waals surface area contributed by atoms with Gasteiger partial charge in [-0.2, -0.15) is 5.26 Å². The summed E-state index contributed by atoms with van der Waals surface area (Å²) >= 11 is 0. The number of ether oxygens (including phenoxy) is 1. The van der Waals surface area contributed by atoms with Crippen LogP contribution in [0.25, 0.3) is 5.82 Å². The van der Waals surface area contributed by atoms with Crippen molar-refractivity contribution in [2.45, 2.75) is 39.1 Å². The third-order valence-electron chi connectivity index (χ3n) is 6.54. The maximum absolute atomic E-state index is 11.9. The fourth-order valence-corrected chi connectivity index (χ4v) is 4.70. The van der Waals surface area contributed by atoms with Crippen LogP contribution < -0.4 is 5.32 Å². The minimum Gasteiger partial charge on any atom is -0.457 e. The Bertz CT molecular complexity index is 1300. The summed E-state index contributed by atoms with van der Waals surface area (Å²) in [4.78, 5) is 18.4. The number of hydrogen-bond acceptors (Lipinski definition) is 9. The molecule has 174 valence electrons. The molecule has 2 aliphatic heterocycles. The van der Waals surface area contributed by atoms with Crippen molar-refractivity contribution in [3.63, 3.8) is 0 Å². The number of cyclic esters (lactones) is 1. The van der Waals surface area contributed by atoms with Crippen LogP contribution in [0, 0.1) is 25.2 Å². The van der Waals surface area contributed by atoms with Crippen LogP contribution in [-0.4, -0.2) is 61.7 Å². The van der Waals surface area contributed by atoms with E-state index >= 15 is 0 Å². The molecular formula is C24H25N7O3. The zero-order valence-electron chi connectivity index (χ0n) is 19.0. The molecule has 0 aliphatic carbocycles. The molecule has 5 rings (SSSR count). The molecule has 2 aromatic heterocycles. The lowest BCUT2D eigenvalue weighted by molar-refractivity contribution is 0.0535. The van der Waals surface area contributed by atoms with Gasteiger partial charge in [0.15, 0.2) is 5.82 Å². The summed E-state index contributed by atoms with van der Waals surface area (Å²) in [7, 11) is 0. The van der Waals surface area contributed by atoms with Gasteiger partial charge in [0, 0.05) is 43.5 Å². The highest BCUT2D eigenvalue weighted by Gasteiger charge is 2.31. The van der Waals surface area contributed by atoms with Gasteiger partial charge in [-0.3, -0.25) is 4.90 Å². The van der Waals surface area contributed by atoms with Crippen molar-refractivity contribution in [1.29, 1.82) is 5.26 Å². The first-order chi connectivity index (χ1) is 16.5. The largest absolute Gasteiger partial charge is 0.457 e. The summed E-state index contributed by atoms with van der Waals surface area (Å²) in [6.45, 7) is 6.14. The lowest BCUT2D eigenvalue weighted by atomic mass is 9.92. The van der Waals surface area contributed by atoms with Gasteiger partial charge < -0.3 is 15.2 Å². The molecule has 34 heavy (non-hydrogen) atoms. The molecule has 3 aromatic rings. The maximum atomic E-state index is 11.9. The zero-order valence-corrected chi connectivity index (χ0v) is 19.0. The first kappa shape index (κ1) is 22.2. The van der Waals surface area contributed by atoms with E-state index < -0.39 is 0 Å². The number of aliphatic hydroxyl groups excluding tert-OH is 1. The Hall–Kier alpha value is -3.65. The van der Waals surface area contributed by atoms with Crippen LogP contribution in [0.4, 0.5) is 0 Å². The van der Waals surface area contributed by atoms with E-state index in [1.54, 1.807) is 4.68 Å². The Morgan fingerprint density at radius 3 is 2.94 bits per heavy atom. The van der Waals surface area contributed by atoms with Gasteiger partial charge in [0.25, 0.3) is 0 Å². The van der Waals surface area contributed by atoms with Gasteiger partial charge in [-0.05, 0) is 42.7 Å². The SMILES string of the molecule is Cc1cc(-n2cc(CN3CC(CO)NC(c4ccc5c(c4C)COC5=O)C3)nn2)ncc1C#N. The molecule has 0 amide bonds. The Kier molecular flexibility index (Phi) is 5.83. The van der Waals surface area contributed by atoms with Crippen LogP contribution in [0.3, 0.4) is 0 Å². The molecule has 0 radical (unpaired) electrons. The molecule has 2 aliphatic rings. The number of nitrogens with one attached hydrogen (secondary N) is 1. The molecule has 10 nitrogen and oxygen atoms in total. The number of benzene rings is 1. The summed E-state index contributed by atoms with van der Waals surface area (Å²) in [6, 6.07) is 7.63. The van der Waals surface area contributed by atoms with E-state index in [1.165, 1.54) is 6.20 Å². The van der Waals surface area contributed by atoms with Gasteiger partial charge in [0.2, 0.25) is 0 Å². The van der Waals surface area contributed by atoms with Gasteiger partial charge in [-0.1, -0.05) is 11.3 Å². The monoisotopic (exact) mass is 459 g/mol. The molecule has 4 heterocycles. The average Bonchev–Trinajstić information content (AvgIpc) is 3.46. The number of pyridine rings is 1. The Morgan fingerprint density at radius 2 is 2.18 bits per heavy atom. The highest BCUT2D eigenvalue weighted by atomic mass is 16.5. The minimum atomic E-state index is -0.272. The summed E-state index contributed by atoms with van der Waals surface area (Å²) in [5.74, 6) is 0.332. The van der Waals surface area contributed by atoms with Crippen LogP contribution in [0.2, 0.25) is 0 Å². The lowest BCUT2D eigenvalue weighted by Gasteiger charge is -2.39. The van der Waals surface area contributed by atoms with Gasteiger partial charge in [-0.15, -0.1) is 5.10 Å². The lowest BCUT2D eigenvalue weighted by Crippen LogP contribution is -2.53. The second-order valence-corrected chi connectivity index (χ2v) is 8.80. The van der Waals surface area contributed by atoms with Crippen molar-refractivity contribution in [3.8, 4) is 11.9 Å². The van der Waals surface area contributed by atoms with Crippen molar-refractivity contribution >= 4 is 5.97 Å². The molecule has 0 saturated carbocycles. The van der Waals surface area contributed by atoms with E-state index in [0.717, 1.165) is 27.9 Å². The average molecular weight is 460 g/mol. The zero-order chi connectivity index (χ0) is 23.8. The molecule has 0 bridgehead atoms. The van der Waals surface area contributed by atoms with E-state index in [-0.39, 0.29) is 24.7 Å². The van der Waals surface area contributed by atoms with Gasteiger partial charge in [0.1, 0.15) is 12.7 Å². The number of fused-ring (bicyclic) bond motifs is 1. The topological polar surface area (TPSA) is 129 Å². The van der Waals surface area contributed by atoms with Gasteiger partial charge in [-0.25, -0.2) is 14.5 Å². The first-order valence-electron chi connectivity index (χ1n) is 11.1. The van der Waals surface area contributed by atoms with Crippen molar-refractivity contribution in [2.75, 3.05) is 19.7 Å². The highest BCUT2D eigenvalue weighted by molar-refractivity contribution is 5.94. The van der Waals surface area contributed by atoms with Crippen LogP contribution >= 0.6 is 0 Å². The van der Waals surface area contributed by atoms with Crippen molar-refractivity contribution in [1.82, 2.24) is 30.2 Å². The Labute approximate surface area is 196 Å². The molecule has 2 unspecified atom stereocenters. The molecule has 1 saturated heterocycles. The second kappa shape index (κ2) is 8.95. The fraction of sp³-hybridized carbons (Fsp3) is 0.375. The van der Waals surface area contributed by atoms with Crippen LogP contribution in [-0.2, 0) is 17.9 Å². The Balaban J connectivity index is 1.35. The number of rotatable bonds is 5. The molecule has 2 atom stereocenters. The van der Waals surface area contributed by atoms with Gasteiger partial charge >= 0.3 is 5.97 Å². The van der Waals surface area contributed by atoms with Crippen molar-refractivity contribution in [2.24, 2.45) is 0 Å². The number of hydrogen-bond donors (Lipinski definition) is 2. The number of aromatic nitrogens is 4. The van der Waals surface area contributed by atoms with Crippen molar-refractivity contribution in [3.05, 3.63) is 69.7 Å². The number of carbonyl (C=O) groups is 1. The second-order valence-electron chi connectivity index (χ2n) is 8.80. The predicted molar refractivity (Wildman–Crippen MR) is 121 cm³/mol. The van der Waals surface area contributed by atoms with Gasteiger partial charge in [0.05, 0.1) is 29.6 Å². The third kappa shape index (κ3) is 4.05. The summed E-state index contributed by atoms with van der Waals surface area (Å²) < 4.78 is 6.81. The van der Waals surface area contributed by atoms with E-state index in [4.69, 9.17) is 10.00 Å². The van der Waals surface area contributed by atoms with Crippen LogP contribution in [0.15, 0.2) is 30.6 Å². The maximum Gasteiger partial charge on any atom is 0.338 e. The van der Waals surface area contributed by atoms with E-state index in [0.29, 0.717) is 43.2 Å². The molecular weight excluding hydrogens is 434 g/mol. The number of carbonyl (C=O) groups excluding carboxylic acids is 1. The Morgan fingerprint density at radius 1 is 1.32 bits per heavy atom. The van der Waals surface area contributed by atoms with E-state index in [2.05, 4.69) is 31.6 Å². The standard InChI is InChI=1S/C24H25N7O3/c1-14-5-23(26-7-16(14)6-25)31-10-17(28-29-31)8-30-9-18(12-32)27-22(11-30)19-3-4-20-21(15(19)2)13-34-24(20)33/h3-5,7,10,18,22,27,32H,8-9,11-13H2,1-2H3. The summed E-state index contributed by atoms with van der Waals surface area (Å²) in [5, 5.41) is 31.1. The molecule has 1 fully saturated rings. The summed E-state index contributed by atoms with van der Waals surface area (Å²) in [5.41, 5.74) is 5.87. The number of piperazine rings is 1. The number of esters is 1. The van der Waals surface area contributed by atoms with Crippen LogP contribution in [0.5, 0.6) is 0 Å². The molecule has 2 N–H and O–H groups in total. The first-order valence-corrected chi connectivity index (χ1v) is 11.1. The van der Waals surface area contributed by atoms with E-state index in [1.807, 2.05) is 38.2 Å². The molecule has 0 spiro atoms. The van der Waals surface area contributed by atoms with E-state index in [9.17, 15) is 9.90 Å². The number of aliphatic hydroxyl groups is 1. The fourth-order valence-electron chi connectivity index (χ4n) is 4.70. The predicted octanol–water partition coefficient (Wildman–Crippen LogP) is 1.33. The number of nitriles is 1. The number of nitrogens with zero attached hydrogens (tertiary/aromatic N) is 6. The summed E-state index contributed by atoms with van der Waals surface area (Å²) in [6.07, 6.45) is 3.37. The molecule has 1 aromatic carbocycles. The quantitative estimate of drug-likeness (QED) is 0.543. The smallest absolute Gasteiger partial charge is 0.338 e. The highest BCUT2D eigenvalue weighted by Crippen LogP contribution is 2.31. The minimum absolute atomic E-state index is 0.00945. The normalized spacial score (nSPS) is 20.1. The third-order valence-corrected chi connectivity index (χ3v) is 6.54.